The van der Waals surface area contributed by atoms with Gasteiger partial charge >= 0.3 is 0 Å². The minimum absolute atomic E-state index is 0.0473. The molecule has 2 aliphatic carbocycles. The Bertz CT molecular complexity index is 947. The topological polar surface area (TPSA) is 49.9 Å². The van der Waals surface area contributed by atoms with Gasteiger partial charge in [-0.25, -0.2) is 0 Å². The first-order chi connectivity index (χ1) is 14.6. The van der Waals surface area contributed by atoms with Crippen LogP contribution in [0.1, 0.15) is 47.7 Å². The van der Waals surface area contributed by atoms with Gasteiger partial charge in [0.2, 0.25) is 11.8 Å². The number of rotatable bonds is 7. The van der Waals surface area contributed by atoms with E-state index in [9.17, 15) is 9.59 Å². The van der Waals surface area contributed by atoms with E-state index in [-0.39, 0.29) is 36.4 Å². The lowest BCUT2D eigenvalue weighted by Gasteiger charge is -2.37. The summed E-state index contributed by atoms with van der Waals surface area (Å²) >= 11 is 1.76. The number of amides is 2. The third-order valence-corrected chi connectivity index (χ3v) is 7.40. The summed E-state index contributed by atoms with van der Waals surface area (Å²) in [6.07, 6.45) is 4.89. The number of carbonyl (C=O) groups excluding carboxylic acids is 2. The number of aryl methyl sites for hydroxylation is 1. The molecule has 2 aromatic rings. The first-order valence-electron chi connectivity index (χ1n) is 11.0. The van der Waals surface area contributed by atoms with Crippen molar-refractivity contribution in [2.45, 2.75) is 51.1 Å². The average Bonchev–Trinajstić information content (AvgIpc) is 3.68. The molecular formula is C24H28N2O3S. The smallest absolute Gasteiger partial charge is 0.242 e. The van der Waals surface area contributed by atoms with E-state index in [1.807, 2.05) is 41.0 Å². The van der Waals surface area contributed by atoms with Crippen LogP contribution in [0, 0.1) is 12.8 Å². The van der Waals surface area contributed by atoms with Gasteiger partial charge in [-0.15, -0.1) is 11.3 Å². The van der Waals surface area contributed by atoms with Crippen molar-refractivity contribution in [1.29, 1.82) is 0 Å². The van der Waals surface area contributed by atoms with Gasteiger partial charge in [0.25, 0.3) is 0 Å². The zero-order valence-corrected chi connectivity index (χ0v) is 18.2. The summed E-state index contributed by atoms with van der Waals surface area (Å²) in [6.45, 7) is 3.36. The van der Waals surface area contributed by atoms with Crippen LogP contribution in [0.25, 0.3) is 0 Å². The van der Waals surface area contributed by atoms with Crippen molar-refractivity contribution in [3.63, 3.8) is 0 Å². The number of hydrogen-bond donors (Lipinski definition) is 0. The number of benzene rings is 1. The Morgan fingerprint density at radius 3 is 2.70 bits per heavy atom. The van der Waals surface area contributed by atoms with Gasteiger partial charge in [-0.05, 0) is 67.7 Å². The van der Waals surface area contributed by atoms with Crippen LogP contribution in [0.3, 0.4) is 0 Å². The Kier molecular flexibility index (Phi) is 5.27. The maximum atomic E-state index is 13.4. The number of thiophene rings is 1. The average molecular weight is 425 g/mol. The second kappa shape index (κ2) is 8.06. The first kappa shape index (κ1) is 19.6. The molecule has 0 bridgehead atoms. The number of para-hydroxylation sites is 1. The van der Waals surface area contributed by atoms with Gasteiger partial charge in [-0.1, -0.05) is 18.2 Å². The van der Waals surface area contributed by atoms with Crippen LogP contribution in [0.2, 0.25) is 0 Å². The molecule has 0 N–H and O–H groups in total. The van der Waals surface area contributed by atoms with Crippen LogP contribution in [0.5, 0.6) is 5.75 Å². The fraction of sp³-hybridized carbons (Fsp3) is 0.500. The van der Waals surface area contributed by atoms with Crippen LogP contribution in [0.15, 0.2) is 35.7 Å². The Hall–Kier alpha value is -2.34. The molecule has 2 heterocycles. The molecule has 0 radical (unpaired) electrons. The highest BCUT2D eigenvalue weighted by atomic mass is 32.1. The highest BCUT2D eigenvalue weighted by Crippen LogP contribution is 2.37. The molecule has 2 fully saturated rings. The lowest BCUT2D eigenvalue weighted by molar-refractivity contribution is -0.143. The second-order valence-corrected chi connectivity index (χ2v) is 9.70. The summed E-state index contributed by atoms with van der Waals surface area (Å²) in [5.41, 5.74) is 2.28. The van der Waals surface area contributed by atoms with E-state index in [0.717, 1.165) is 43.4 Å². The maximum Gasteiger partial charge on any atom is 0.242 e. The molecule has 2 saturated carbocycles. The Balaban J connectivity index is 1.33. The summed E-state index contributed by atoms with van der Waals surface area (Å²) in [5, 5.41) is 2.10. The molecule has 1 aromatic carbocycles. The summed E-state index contributed by atoms with van der Waals surface area (Å²) < 4.78 is 6.17. The summed E-state index contributed by atoms with van der Waals surface area (Å²) in [7, 11) is 0. The van der Waals surface area contributed by atoms with Gasteiger partial charge < -0.3 is 14.5 Å². The van der Waals surface area contributed by atoms with E-state index < -0.39 is 0 Å². The van der Waals surface area contributed by atoms with Crippen LogP contribution in [-0.2, 0) is 16.0 Å². The highest BCUT2D eigenvalue weighted by Gasteiger charge is 2.42. The zero-order valence-electron chi connectivity index (χ0n) is 17.4. The Morgan fingerprint density at radius 2 is 1.97 bits per heavy atom. The van der Waals surface area contributed by atoms with Crippen LogP contribution >= 0.6 is 11.3 Å². The summed E-state index contributed by atoms with van der Waals surface area (Å²) in [6, 6.07) is 10.3. The number of ether oxygens (including phenoxy) is 1. The number of hydrogen-bond acceptors (Lipinski definition) is 4. The van der Waals surface area contributed by atoms with E-state index in [1.165, 1.54) is 10.4 Å². The molecule has 5 rings (SSSR count). The van der Waals surface area contributed by atoms with Crippen molar-refractivity contribution in [3.8, 4) is 5.75 Å². The van der Waals surface area contributed by atoms with E-state index in [4.69, 9.17) is 4.74 Å². The third kappa shape index (κ3) is 3.97. The highest BCUT2D eigenvalue weighted by molar-refractivity contribution is 7.10. The standard InChI is InChI=1S/C24H28N2O3S/c1-16-4-2-3-5-21(16)29-15-20-19-11-13-30-22(19)10-12-25(20)23(27)14-26(18-8-9-18)24(28)17-6-7-17/h2-5,11,13,17-18,20H,6-10,12,14-15H2,1H3/t20-/m1/s1. The molecule has 0 saturated heterocycles. The molecule has 0 unspecified atom stereocenters. The minimum atomic E-state index is -0.107. The lowest BCUT2D eigenvalue weighted by Crippen LogP contribution is -2.48. The molecule has 2 amide bonds. The van der Waals surface area contributed by atoms with Gasteiger partial charge in [0, 0.05) is 23.4 Å². The number of fused-ring (bicyclic) bond motifs is 1. The van der Waals surface area contributed by atoms with Gasteiger partial charge in [0.15, 0.2) is 0 Å². The van der Waals surface area contributed by atoms with E-state index in [0.29, 0.717) is 13.2 Å². The molecule has 5 nitrogen and oxygen atoms in total. The van der Waals surface area contributed by atoms with E-state index in [2.05, 4.69) is 11.4 Å². The summed E-state index contributed by atoms with van der Waals surface area (Å²) in [4.78, 5) is 31.3. The fourth-order valence-corrected chi connectivity index (χ4v) is 5.26. The zero-order chi connectivity index (χ0) is 20.7. The monoisotopic (exact) mass is 424 g/mol. The molecule has 3 aliphatic rings. The largest absolute Gasteiger partial charge is 0.491 e. The van der Waals surface area contributed by atoms with Crippen molar-refractivity contribution in [1.82, 2.24) is 9.80 Å². The van der Waals surface area contributed by atoms with Crippen LogP contribution < -0.4 is 4.74 Å². The SMILES string of the molecule is Cc1ccccc1OC[C@@H]1c2ccsc2CCN1C(=O)CN(C(=O)C1CC1)C1CC1. The van der Waals surface area contributed by atoms with Gasteiger partial charge in [0.1, 0.15) is 18.9 Å². The molecule has 0 spiro atoms. The Morgan fingerprint density at radius 1 is 1.17 bits per heavy atom. The van der Waals surface area contributed by atoms with Crippen molar-refractivity contribution < 1.29 is 14.3 Å². The van der Waals surface area contributed by atoms with Crippen LogP contribution in [-0.4, -0.2) is 47.4 Å². The molecule has 1 aromatic heterocycles. The maximum absolute atomic E-state index is 13.4. The van der Waals surface area contributed by atoms with Crippen molar-refractivity contribution in [3.05, 3.63) is 51.7 Å². The van der Waals surface area contributed by atoms with E-state index >= 15 is 0 Å². The predicted octanol–water partition coefficient (Wildman–Crippen LogP) is 3.96. The van der Waals surface area contributed by atoms with Crippen LogP contribution in [0.4, 0.5) is 0 Å². The Labute approximate surface area is 181 Å². The number of carbonyl (C=O) groups is 2. The molecule has 6 heteroatoms. The van der Waals surface area contributed by atoms with Gasteiger partial charge in [-0.3, -0.25) is 9.59 Å². The molecular weight excluding hydrogens is 396 g/mol. The quantitative estimate of drug-likeness (QED) is 0.676. The lowest BCUT2D eigenvalue weighted by atomic mass is 10.00. The molecule has 1 atom stereocenters. The normalized spacial score (nSPS) is 20.6. The third-order valence-electron chi connectivity index (χ3n) is 6.41. The number of nitrogens with zero attached hydrogens (tertiary/aromatic N) is 2. The fourth-order valence-electron chi connectivity index (χ4n) is 4.34. The van der Waals surface area contributed by atoms with E-state index in [1.54, 1.807) is 11.3 Å². The van der Waals surface area contributed by atoms with Crippen molar-refractivity contribution in [2.24, 2.45) is 5.92 Å². The van der Waals surface area contributed by atoms with Gasteiger partial charge in [0.05, 0.1) is 6.04 Å². The predicted molar refractivity (Wildman–Crippen MR) is 117 cm³/mol. The molecule has 158 valence electrons. The molecule has 1 aliphatic heterocycles. The van der Waals surface area contributed by atoms with Crippen molar-refractivity contribution in [2.75, 3.05) is 19.7 Å². The second-order valence-electron chi connectivity index (χ2n) is 8.70. The molecule has 30 heavy (non-hydrogen) atoms. The van der Waals surface area contributed by atoms with Gasteiger partial charge in [-0.2, -0.15) is 0 Å². The van der Waals surface area contributed by atoms with Crippen molar-refractivity contribution >= 4 is 23.2 Å². The minimum Gasteiger partial charge on any atom is -0.491 e. The summed E-state index contributed by atoms with van der Waals surface area (Å²) in [5.74, 6) is 1.25. The first-order valence-corrected chi connectivity index (χ1v) is 11.8.